The summed E-state index contributed by atoms with van der Waals surface area (Å²) in [7, 11) is 0. The average Bonchev–Trinajstić information content (AvgIpc) is 2.13. The molecule has 0 aliphatic rings. The van der Waals surface area contributed by atoms with Crippen LogP contribution in [0.4, 0.5) is 0 Å². The topological polar surface area (TPSA) is 0 Å². The van der Waals surface area contributed by atoms with Crippen LogP contribution < -0.4 is 0 Å². The molecule has 0 aromatic heterocycles. The second kappa shape index (κ2) is 5.41. The third-order valence-electron chi connectivity index (χ3n) is 6.91. The second-order valence-corrected chi connectivity index (χ2v) is 9.68. The van der Waals surface area contributed by atoms with Gasteiger partial charge in [0.1, 0.15) is 0 Å². The lowest BCUT2D eigenvalue weighted by Gasteiger charge is -2.61. The van der Waals surface area contributed by atoms with Crippen LogP contribution in [0, 0.1) is 33.5 Å². The van der Waals surface area contributed by atoms with Gasteiger partial charge in [-0.2, -0.15) is 0 Å². The summed E-state index contributed by atoms with van der Waals surface area (Å²) in [6, 6.07) is 0. The van der Waals surface area contributed by atoms with Gasteiger partial charge >= 0.3 is 0 Å². The smallest absolute Gasteiger partial charge is 0.0218 e. The Morgan fingerprint density at radius 2 is 1.05 bits per heavy atom. The van der Waals surface area contributed by atoms with Crippen LogP contribution in [-0.2, 0) is 0 Å². The van der Waals surface area contributed by atoms with E-state index in [9.17, 15) is 0 Å². The van der Waals surface area contributed by atoms with Gasteiger partial charge in [0, 0.05) is 0 Å². The van der Waals surface area contributed by atoms with E-state index in [-0.39, 0.29) is 5.41 Å². The van der Waals surface area contributed by atoms with Crippen LogP contribution >= 0.6 is 0 Å². The lowest BCUT2D eigenvalue weighted by molar-refractivity contribution is -0.128. The maximum Gasteiger partial charge on any atom is -0.0218 e. The van der Waals surface area contributed by atoms with Crippen LogP contribution in [0.3, 0.4) is 0 Å². The fraction of sp³-hybridized carbons (Fsp3) is 1.00. The Kier molecular flexibility index (Phi) is 5.41. The Morgan fingerprint density at radius 1 is 0.684 bits per heavy atom. The predicted molar refractivity (Wildman–Crippen MR) is 89.4 cm³/mol. The van der Waals surface area contributed by atoms with Gasteiger partial charge in [-0.1, -0.05) is 83.1 Å². The normalized spacial score (nSPS) is 18.0. The molecule has 0 bridgehead atoms. The molecule has 0 saturated carbocycles. The Bertz CT molecular complexity index is 286. The van der Waals surface area contributed by atoms with Gasteiger partial charge in [-0.25, -0.2) is 0 Å². The van der Waals surface area contributed by atoms with E-state index in [4.69, 9.17) is 0 Å². The minimum Gasteiger partial charge on any atom is -0.0628 e. The molecule has 0 fully saturated rings. The molecule has 0 heterocycles. The molecular formula is C19H40. The van der Waals surface area contributed by atoms with E-state index < -0.39 is 0 Å². The van der Waals surface area contributed by atoms with Crippen LogP contribution in [0.5, 0.6) is 0 Å². The maximum absolute atomic E-state index is 2.52. The van der Waals surface area contributed by atoms with Crippen molar-refractivity contribution in [3.05, 3.63) is 0 Å². The van der Waals surface area contributed by atoms with E-state index >= 15 is 0 Å². The van der Waals surface area contributed by atoms with Gasteiger partial charge in [-0.15, -0.1) is 0 Å². The van der Waals surface area contributed by atoms with Crippen molar-refractivity contribution in [1.82, 2.24) is 0 Å². The lowest BCUT2D eigenvalue weighted by atomic mass is 9.43. The van der Waals surface area contributed by atoms with Gasteiger partial charge in [0.15, 0.2) is 0 Å². The van der Waals surface area contributed by atoms with E-state index in [0.717, 1.165) is 5.92 Å². The monoisotopic (exact) mass is 268 g/mol. The van der Waals surface area contributed by atoms with Gasteiger partial charge in [-0.3, -0.25) is 0 Å². The summed E-state index contributed by atoms with van der Waals surface area (Å²) >= 11 is 0. The predicted octanol–water partition coefficient (Wildman–Crippen LogP) is 6.79. The van der Waals surface area contributed by atoms with Gasteiger partial charge in [0.2, 0.25) is 0 Å². The van der Waals surface area contributed by atoms with Crippen molar-refractivity contribution in [2.24, 2.45) is 33.5 Å². The molecule has 0 saturated heterocycles. The van der Waals surface area contributed by atoms with Crippen molar-refractivity contribution in [3.8, 4) is 0 Å². The van der Waals surface area contributed by atoms with Gasteiger partial charge in [0.25, 0.3) is 0 Å². The van der Waals surface area contributed by atoms with Crippen molar-refractivity contribution >= 4 is 0 Å². The standard InChI is InChI=1S/C19H40/c1-14(2)13-19(12,16(5,6)7)18(10,11)17(8,9)15(3)4/h14-15H,13H2,1-12H3. The lowest BCUT2D eigenvalue weighted by Crippen LogP contribution is -2.54. The number of hydrogen-bond donors (Lipinski definition) is 0. The molecule has 0 amide bonds. The van der Waals surface area contributed by atoms with E-state index in [0.29, 0.717) is 22.2 Å². The summed E-state index contributed by atoms with van der Waals surface area (Å²) in [5.74, 6) is 1.43. The molecule has 0 aromatic carbocycles. The summed E-state index contributed by atoms with van der Waals surface area (Å²) < 4.78 is 0. The third-order valence-corrected chi connectivity index (χ3v) is 6.91. The van der Waals surface area contributed by atoms with Crippen molar-refractivity contribution < 1.29 is 0 Å². The van der Waals surface area contributed by atoms with Crippen LogP contribution in [-0.4, -0.2) is 0 Å². The second-order valence-electron chi connectivity index (χ2n) is 9.68. The highest BCUT2D eigenvalue weighted by Crippen LogP contribution is 2.63. The van der Waals surface area contributed by atoms with E-state index in [2.05, 4.69) is 83.1 Å². The SMILES string of the molecule is CC(C)CC(C)(C(C)(C)C)C(C)(C)C(C)(C)C(C)C. The first-order valence-electron chi connectivity index (χ1n) is 8.11. The van der Waals surface area contributed by atoms with Gasteiger partial charge in [-0.05, 0) is 39.9 Å². The van der Waals surface area contributed by atoms with Gasteiger partial charge in [0.05, 0.1) is 0 Å². The highest BCUT2D eigenvalue weighted by Gasteiger charge is 2.56. The van der Waals surface area contributed by atoms with Crippen LogP contribution in [0.2, 0.25) is 0 Å². The van der Waals surface area contributed by atoms with E-state index in [1.54, 1.807) is 0 Å². The minimum atomic E-state index is 0.288. The Morgan fingerprint density at radius 3 is 1.26 bits per heavy atom. The van der Waals surface area contributed by atoms with Crippen molar-refractivity contribution in [2.45, 2.75) is 89.5 Å². The molecular weight excluding hydrogens is 228 g/mol. The zero-order chi connectivity index (χ0) is 15.9. The molecule has 0 N–H and O–H groups in total. The first kappa shape index (κ1) is 19.0. The van der Waals surface area contributed by atoms with E-state index in [1.165, 1.54) is 6.42 Å². The molecule has 19 heavy (non-hydrogen) atoms. The summed E-state index contributed by atoms with van der Waals surface area (Å²) in [4.78, 5) is 0. The minimum absolute atomic E-state index is 0.288. The van der Waals surface area contributed by atoms with Crippen LogP contribution in [0.15, 0.2) is 0 Å². The Balaban J connectivity index is 5.88. The van der Waals surface area contributed by atoms with Crippen LogP contribution in [0.1, 0.15) is 89.5 Å². The fourth-order valence-electron chi connectivity index (χ4n) is 3.75. The van der Waals surface area contributed by atoms with Crippen LogP contribution in [0.25, 0.3) is 0 Å². The molecule has 116 valence electrons. The van der Waals surface area contributed by atoms with Gasteiger partial charge < -0.3 is 0 Å². The molecule has 0 aliphatic carbocycles. The molecule has 0 aliphatic heterocycles. The number of rotatable bonds is 5. The molecule has 0 heteroatoms. The fourth-order valence-corrected chi connectivity index (χ4v) is 3.75. The molecule has 0 nitrogen and oxygen atoms in total. The summed E-state index contributed by atoms with van der Waals surface area (Å²) in [6.45, 7) is 29.2. The number of hydrogen-bond acceptors (Lipinski definition) is 0. The molecule has 0 aromatic rings. The highest BCUT2D eigenvalue weighted by molar-refractivity contribution is 5.04. The summed E-state index contributed by atoms with van der Waals surface area (Å²) in [6.07, 6.45) is 1.29. The maximum atomic E-state index is 2.52. The Hall–Kier alpha value is 0. The largest absolute Gasteiger partial charge is 0.0628 e. The zero-order valence-corrected chi connectivity index (χ0v) is 15.9. The van der Waals surface area contributed by atoms with Crippen molar-refractivity contribution in [3.63, 3.8) is 0 Å². The molecule has 0 spiro atoms. The first-order valence-corrected chi connectivity index (χ1v) is 8.11. The summed E-state index contributed by atoms with van der Waals surface area (Å²) in [5.41, 5.74) is 1.25. The molecule has 0 rings (SSSR count). The Labute approximate surface area is 123 Å². The van der Waals surface area contributed by atoms with E-state index in [1.807, 2.05) is 0 Å². The molecule has 0 radical (unpaired) electrons. The molecule has 1 unspecified atom stereocenters. The third kappa shape index (κ3) is 3.19. The quantitative estimate of drug-likeness (QED) is 0.514. The first-order chi connectivity index (χ1) is 8.11. The average molecular weight is 269 g/mol. The van der Waals surface area contributed by atoms with Crippen molar-refractivity contribution in [1.29, 1.82) is 0 Å². The highest BCUT2D eigenvalue weighted by atomic mass is 14.6. The molecule has 1 atom stereocenters. The van der Waals surface area contributed by atoms with Crippen molar-refractivity contribution in [2.75, 3.05) is 0 Å². The summed E-state index contributed by atoms with van der Waals surface area (Å²) in [5, 5.41) is 0. The zero-order valence-electron chi connectivity index (χ0n) is 15.9.